The highest BCUT2D eigenvalue weighted by atomic mass is 31.3. The first-order valence-electron chi connectivity index (χ1n) is 7.74. The van der Waals surface area contributed by atoms with Gasteiger partial charge < -0.3 is 25.4 Å². The summed E-state index contributed by atoms with van der Waals surface area (Å²) in [5, 5.41) is 10.2. The zero-order valence-corrected chi connectivity index (χ0v) is 16.7. The van der Waals surface area contributed by atoms with E-state index in [4.69, 9.17) is 15.0 Å². The summed E-state index contributed by atoms with van der Waals surface area (Å²) in [4.78, 5) is 34.4. The Kier molecular flexibility index (Phi) is 5.17. The molecule has 5 atom stereocenters. The first-order valence-corrected chi connectivity index (χ1v) is 12.1. The van der Waals surface area contributed by atoms with Crippen LogP contribution in [-0.4, -0.2) is 43.4 Å². The Morgan fingerprint density at radius 2 is 1.90 bits per heavy atom. The molecule has 29 heavy (non-hydrogen) atoms. The van der Waals surface area contributed by atoms with Gasteiger partial charge in [0.2, 0.25) is 0 Å². The van der Waals surface area contributed by atoms with Crippen molar-refractivity contribution in [2.45, 2.75) is 24.9 Å². The molecule has 0 radical (unpaired) electrons. The van der Waals surface area contributed by atoms with Crippen LogP contribution >= 0.6 is 23.5 Å². The number of nitrogen functional groups attached to an aromatic ring is 1. The SMILES string of the molecule is Nc1ncnc2c1ncn2C1CC(O)C(COP2(=O)OP(=O)([O-])OP(=O)([O-])O2)O1. The van der Waals surface area contributed by atoms with Crippen LogP contribution in [0.25, 0.3) is 11.2 Å². The number of aliphatic hydroxyl groups excluding tert-OH is 1. The van der Waals surface area contributed by atoms with Gasteiger partial charge in [0.05, 0.1) is 19.0 Å². The molecule has 2 fully saturated rings. The zero-order chi connectivity index (χ0) is 21.0. The molecular formula is C10H12N5O11P3-2. The van der Waals surface area contributed by atoms with Gasteiger partial charge in [-0.1, -0.05) is 0 Å². The number of hydrogen-bond acceptors (Lipinski definition) is 15. The van der Waals surface area contributed by atoms with Gasteiger partial charge in [0.1, 0.15) is 24.2 Å². The molecule has 2 saturated heterocycles. The van der Waals surface area contributed by atoms with Crippen molar-refractivity contribution in [1.82, 2.24) is 19.5 Å². The fraction of sp³-hybridized carbons (Fsp3) is 0.500. The lowest BCUT2D eigenvalue weighted by Gasteiger charge is -2.38. The van der Waals surface area contributed by atoms with Gasteiger partial charge in [-0.25, -0.2) is 32.4 Å². The van der Waals surface area contributed by atoms with Crippen molar-refractivity contribution in [2.75, 3.05) is 12.3 Å². The minimum Gasteiger partial charge on any atom is -0.756 e. The molecule has 16 nitrogen and oxygen atoms in total. The molecule has 160 valence electrons. The van der Waals surface area contributed by atoms with Gasteiger partial charge >= 0.3 is 7.82 Å². The van der Waals surface area contributed by atoms with Crippen LogP contribution in [-0.2, 0) is 35.9 Å². The highest BCUT2D eigenvalue weighted by molar-refractivity contribution is 7.74. The summed E-state index contributed by atoms with van der Waals surface area (Å²) in [5.41, 5.74) is 6.36. The predicted octanol–water partition coefficient (Wildman–Crippen LogP) is -0.818. The standard InChI is InChI=1S/C10H14N5O11P3/c11-9-8-10(13-3-12-9)15(4-14-8)7-1-5(16)6(23-7)2-22-29(21)25-27(17,18)24-28(19,20)26-29/h3-7,16H,1-2H2,(H,17,18)(H,19,20)(H2,11,12,13)/p-2. The number of ether oxygens (including phenoxy) is 1. The van der Waals surface area contributed by atoms with E-state index in [2.05, 4.69) is 27.9 Å². The number of rotatable bonds is 4. The van der Waals surface area contributed by atoms with Gasteiger partial charge in [0.15, 0.2) is 11.5 Å². The lowest BCUT2D eigenvalue weighted by molar-refractivity contribution is -0.242. The van der Waals surface area contributed by atoms with Crippen molar-refractivity contribution in [1.29, 1.82) is 0 Å². The minimum atomic E-state index is -5.47. The molecule has 2 aliphatic heterocycles. The van der Waals surface area contributed by atoms with Crippen molar-refractivity contribution in [3.63, 3.8) is 0 Å². The number of imidazole rings is 1. The molecule has 0 bridgehead atoms. The number of anilines is 1. The van der Waals surface area contributed by atoms with Crippen LogP contribution in [0, 0.1) is 0 Å². The van der Waals surface area contributed by atoms with Crippen molar-refractivity contribution < 1.29 is 50.8 Å². The number of nitrogens with two attached hydrogens (primary N) is 1. The third kappa shape index (κ3) is 4.29. The molecule has 0 spiro atoms. The van der Waals surface area contributed by atoms with Crippen LogP contribution in [0.1, 0.15) is 12.6 Å². The van der Waals surface area contributed by atoms with Gasteiger partial charge in [-0.05, 0) is 0 Å². The average Bonchev–Trinajstić information content (AvgIpc) is 3.14. The Morgan fingerprint density at radius 1 is 1.21 bits per heavy atom. The van der Waals surface area contributed by atoms with Gasteiger partial charge in [-0.3, -0.25) is 18.2 Å². The molecule has 5 unspecified atom stereocenters. The number of nitrogens with zero attached hydrogens (tertiary/aromatic N) is 4. The van der Waals surface area contributed by atoms with E-state index in [9.17, 15) is 28.6 Å². The van der Waals surface area contributed by atoms with E-state index < -0.39 is 48.5 Å². The summed E-state index contributed by atoms with van der Waals surface area (Å²) in [6.07, 6.45) is -0.484. The fourth-order valence-corrected chi connectivity index (χ4v) is 7.55. The summed E-state index contributed by atoms with van der Waals surface area (Å²) in [6.45, 7) is -0.724. The van der Waals surface area contributed by atoms with Crippen molar-refractivity contribution >= 4 is 40.4 Å². The second kappa shape index (κ2) is 7.15. The summed E-state index contributed by atoms with van der Waals surface area (Å²) < 4.78 is 58.0. The van der Waals surface area contributed by atoms with Gasteiger partial charge in [-0.15, -0.1) is 0 Å². The molecule has 2 aromatic heterocycles. The Bertz CT molecular complexity index is 1060. The van der Waals surface area contributed by atoms with Crippen LogP contribution in [0.2, 0.25) is 0 Å². The maximum absolute atomic E-state index is 12.2. The molecule has 3 N–H and O–H groups in total. The molecule has 0 amide bonds. The Hall–Kier alpha value is -1.28. The second-order valence-corrected chi connectivity index (χ2v) is 10.8. The maximum atomic E-state index is 12.2. The van der Waals surface area contributed by atoms with Crippen LogP contribution < -0.4 is 15.5 Å². The Balaban J connectivity index is 1.47. The quantitative estimate of drug-likeness (QED) is 0.518. The maximum Gasteiger partial charge on any atom is 0.487 e. The Morgan fingerprint density at radius 3 is 2.59 bits per heavy atom. The third-order valence-electron chi connectivity index (χ3n) is 3.90. The smallest absolute Gasteiger partial charge is 0.487 e. The molecule has 2 aromatic rings. The average molecular weight is 471 g/mol. The van der Waals surface area contributed by atoms with E-state index in [1.54, 1.807) is 0 Å². The number of aliphatic hydroxyl groups is 1. The first kappa shape index (κ1) is 21.0. The van der Waals surface area contributed by atoms with Crippen LogP contribution in [0.5, 0.6) is 0 Å². The normalized spacial score (nSPS) is 40.4. The van der Waals surface area contributed by atoms with Crippen LogP contribution in [0.3, 0.4) is 0 Å². The molecule has 0 aliphatic carbocycles. The summed E-state index contributed by atoms with van der Waals surface area (Å²) >= 11 is 0. The van der Waals surface area contributed by atoms with E-state index >= 15 is 0 Å². The highest BCUT2D eigenvalue weighted by Gasteiger charge is 2.46. The number of fused-ring (bicyclic) bond motifs is 1. The van der Waals surface area contributed by atoms with Crippen LogP contribution in [0.15, 0.2) is 12.7 Å². The molecule has 0 aromatic carbocycles. The molecule has 2 aliphatic rings. The summed E-state index contributed by atoms with van der Waals surface area (Å²) in [5.74, 6) is 0.142. The third-order valence-corrected chi connectivity index (χ3v) is 9.16. The number of hydrogen-bond donors (Lipinski definition) is 2. The van der Waals surface area contributed by atoms with E-state index in [1.807, 2.05) is 0 Å². The molecule has 19 heteroatoms. The van der Waals surface area contributed by atoms with Crippen molar-refractivity contribution in [2.24, 2.45) is 0 Å². The zero-order valence-electron chi connectivity index (χ0n) is 14.0. The highest BCUT2D eigenvalue weighted by Crippen LogP contribution is 2.77. The summed E-state index contributed by atoms with van der Waals surface area (Å²) in [7, 11) is -16.0. The van der Waals surface area contributed by atoms with Gasteiger partial charge in [0, 0.05) is 6.42 Å². The number of phosphoric acid groups is 3. The predicted molar refractivity (Wildman–Crippen MR) is 86.3 cm³/mol. The van der Waals surface area contributed by atoms with Crippen LogP contribution in [0.4, 0.5) is 5.82 Å². The summed E-state index contributed by atoms with van der Waals surface area (Å²) in [6, 6.07) is 0. The largest absolute Gasteiger partial charge is 0.756 e. The first-order chi connectivity index (χ1) is 13.5. The van der Waals surface area contributed by atoms with E-state index in [-0.39, 0.29) is 12.2 Å². The van der Waals surface area contributed by atoms with Gasteiger partial charge in [0.25, 0.3) is 15.6 Å². The lowest BCUT2D eigenvalue weighted by Crippen LogP contribution is -2.27. The van der Waals surface area contributed by atoms with E-state index in [0.29, 0.717) is 11.2 Å². The van der Waals surface area contributed by atoms with Crippen molar-refractivity contribution in [3.8, 4) is 0 Å². The minimum absolute atomic E-state index is 0.0264. The number of aromatic nitrogens is 4. The fourth-order valence-electron chi connectivity index (χ4n) is 2.74. The lowest BCUT2D eigenvalue weighted by atomic mass is 10.2. The van der Waals surface area contributed by atoms with Gasteiger partial charge in [-0.2, -0.15) is 0 Å². The Labute approximate surface area is 161 Å². The van der Waals surface area contributed by atoms with E-state index in [0.717, 1.165) is 0 Å². The molecule has 0 saturated carbocycles. The molecule has 4 heterocycles. The molecular weight excluding hydrogens is 459 g/mol. The second-order valence-electron chi connectivity index (χ2n) is 5.90. The van der Waals surface area contributed by atoms with Crippen molar-refractivity contribution in [3.05, 3.63) is 12.7 Å². The topological polar surface area (TPSA) is 233 Å². The molecule has 4 rings (SSSR count). The van der Waals surface area contributed by atoms with E-state index in [1.165, 1.54) is 17.2 Å². The monoisotopic (exact) mass is 471 g/mol.